The third-order valence-corrected chi connectivity index (χ3v) is 5.69. The smallest absolute Gasteiger partial charge is 0.228 e. The second-order valence-electron chi connectivity index (χ2n) is 7.17. The molecule has 0 unspecified atom stereocenters. The van der Waals surface area contributed by atoms with E-state index < -0.39 is 0 Å². The maximum absolute atomic E-state index is 12.7. The molecule has 5 aliphatic rings. The van der Waals surface area contributed by atoms with Crippen molar-refractivity contribution in [1.29, 1.82) is 0 Å². The molecule has 2 N–H and O–H groups in total. The van der Waals surface area contributed by atoms with Gasteiger partial charge in [-0.15, -0.1) is 0 Å². The van der Waals surface area contributed by atoms with Crippen LogP contribution < -0.4 is 5.73 Å². The monoisotopic (exact) mass is 234 g/mol. The first-order chi connectivity index (χ1) is 8.14. The Bertz CT molecular complexity index is 324. The molecule has 3 heteroatoms. The van der Waals surface area contributed by atoms with Crippen LogP contribution in [0.25, 0.3) is 0 Å². The maximum atomic E-state index is 12.7. The van der Waals surface area contributed by atoms with E-state index in [-0.39, 0.29) is 11.5 Å². The van der Waals surface area contributed by atoms with Crippen molar-refractivity contribution in [2.45, 2.75) is 44.6 Å². The van der Waals surface area contributed by atoms with Gasteiger partial charge in [-0.25, -0.2) is 0 Å². The van der Waals surface area contributed by atoms with Crippen LogP contribution in [0.1, 0.15) is 38.5 Å². The third kappa shape index (κ3) is 1.41. The zero-order valence-electron chi connectivity index (χ0n) is 10.4. The molecule has 1 amide bonds. The van der Waals surface area contributed by atoms with Gasteiger partial charge in [0.2, 0.25) is 5.91 Å². The summed E-state index contributed by atoms with van der Waals surface area (Å²) in [5.74, 6) is 3.04. The standard InChI is InChI=1S/C14H22N2O/c15-12-7-16(8-12)13(17)14-4-9-1-10(5-14)3-11(2-9)6-14/h9-12H,1-8,15H2. The Kier molecular flexibility index (Phi) is 1.98. The van der Waals surface area contributed by atoms with Crippen LogP contribution in [0.15, 0.2) is 0 Å². The number of hydrogen-bond donors (Lipinski definition) is 1. The second kappa shape index (κ2) is 3.25. The van der Waals surface area contributed by atoms with E-state index in [0.29, 0.717) is 5.91 Å². The summed E-state index contributed by atoms with van der Waals surface area (Å²) in [7, 11) is 0. The van der Waals surface area contributed by atoms with Crippen molar-refractivity contribution in [3.8, 4) is 0 Å². The number of carbonyl (C=O) groups excluding carboxylic acids is 1. The lowest BCUT2D eigenvalue weighted by atomic mass is 9.49. The summed E-state index contributed by atoms with van der Waals surface area (Å²) in [6, 6.07) is 0.243. The van der Waals surface area contributed by atoms with Crippen molar-refractivity contribution in [3.05, 3.63) is 0 Å². The highest BCUT2D eigenvalue weighted by Crippen LogP contribution is 2.60. The SMILES string of the molecule is NC1CN(C(=O)C23CC4CC(CC(C4)C2)C3)C1. The molecule has 4 saturated carbocycles. The normalized spacial score (nSPS) is 48.3. The summed E-state index contributed by atoms with van der Waals surface area (Å²) in [6.45, 7) is 1.61. The molecular formula is C14H22N2O. The van der Waals surface area contributed by atoms with Gasteiger partial charge in [0.15, 0.2) is 0 Å². The quantitative estimate of drug-likeness (QED) is 0.745. The van der Waals surface area contributed by atoms with Crippen LogP contribution in [0.5, 0.6) is 0 Å². The largest absolute Gasteiger partial charge is 0.339 e. The van der Waals surface area contributed by atoms with Crippen LogP contribution in [-0.2, 0) is 4.79 Å². The average Bonchev–Trinajstić information content (AvgIpc) is 2.22. The minimum atomic E-state index is 0.0505. The molecule has 5 fully saturated rings. The summed E-state index contributed by atoms with van der Waals surface area (Å²) in [6.07, 6.45) is 7.78. The molecule has 0 aromatic carbocycles. The Balaban J connectivity index is 1.58. The van der Waals surface area contributed by atoms with Crippen LogP contribution in [-0.4, -0.2) is 29.9 Å². The van der Waals surface area contributed by atoms with E-state index in [4.69, 9.17) is 5.73 Å². The van der Waals surface area contributed by atoms with Gasteiger partial charge in [0, 0.05) is 19.1 Å². The number of hydrogen-bond acceptors (Lipinski definition) is 2. The summed E-state index contributed by atoms with van der Waals surface area (Å²) in [5, 5.41) is 0. The van der Waals surface area contributed by atoms with Gasteiger partial charge in [-0.3, -0.25) is 4.79 Å². The van der Waals surface area contributed by atoms with E-state index in [1.165, 1.54) is 38.5 Å². The molecular weight excluding hydrogens is 212 g/mol. The lowest BCUT2D eigenvalue weighted by molar-refractivity contribution is -0.162. The molecule has 17 heavy (non-hydrogen) atoms. The van der Waals surface area contributed by atoms with Crippen LogP contribution in [0.3, 0.4) is 0 Å². The molecule has 4 aliphatic carbocycles. The van der Waals surface area contributed by atoms with Gasteiger partial charge in [-0.1, -0.05) is 0 Å². The number of rotatable bonds is 1. The van der Waals surface area contributed by atoms with Crippen LogP contribution in [0, 0.1) is 23.2 Å². The molecule has 0 atom stereocenters. The van der Waals surface area contributed by atoms with E-state index in [1.54, 1.807) is 0 Å². The Morgan fingerprint density at radius 2 is 1.47 bits per heavy atom. The van der Waals surface area contributed by atoms with Crippen molar-refractivity contribution in [3.63, 3.8) is 0 Å². The first-order valence-corrected chi connectivity index (χ1v) is 7.19. The lowest BCUT2D eigenvalue weighted by Gasteiger charge is -2.57. The van der Waals surface area contributed by atoms with Crippen LogP contribution >= 0.6 is 0 Å². The molecule has 0 aromatic heterocycles. The Labute approximate surface area is 103 Å². The zero-order valence-corrected chi connectivity index (χ0v) is 10.4. The summed E-state index contributed by atoms with van der Waals surface area (Å²) in [5.41, 5.74) is 5.85. The fraction of sp³-hybridized carbons (Fsp3) is 0.929. The first-order valence-electron chi connectivity index (χ1n) is 7.19. The van der Waals surface area contributed by atoms with E-state index >= 15 is 0 Å². The minimum Gasteiger partial charge on any atom is -0.339 e. The van der Waals surface area contributed by atoms with E-state index in [1.807, 2.05) is 4.90 Å². The highest BCUT2D eigenvalue weighted by molar-refractivity contribution is 5.84. The van der Waals surface area contributed by atoms with E-state index in [2.05, 4.69) is 0 Å². The number of carbonyl (C=O) groups is 1. The van der Waals surface area contributed by atoms with Crippen molar-refractivity contribution in [1.82, 2.24) is 4.90 Å². The molecule has 4 bridgehead atoms. The number of amides is 1. The van der Waals surface area contributed by atoms with Gasteiger partial charge in [0.25, 0.3) is 0 Å². The highest BCUT2D eigenvalue weighted by Gasteiger charge is 2.56. The third-order valence-electron chi connectivity index (χ3n) is 5.69. The molecule has 3 nitrogen and oxygen atoms in total. The van der Waals surface area contributed by atoms with Gasteiger partial charge in [0.05, 0.1) is 5.41 Å². The Hall–Kier alpha value is -0.570. The molecule has 1 saturated heterocycles. The predicted octanol–water partition coefficient (Wildman–Crippen LogP) is 1.37. The van der Waals surface area contributed by atoms with Gasteiger partial charge in [-0.05, 0) is 56.3 Å². The lowest BCUT2D eigenvalue weighted by Crippen LogP contribution is -2.63. The number of likely N-dealkylation sites (tertiary alicyclic amines) is 1. The maximum Gasteiger partial charge on any atom is 0.228 e. The molecule has 5 rings (SSSR count). The molecule has 1 heterocycles. The summed E-state index contributed by atoms with van der Waals surface area (Å²) in [4.78, 5) is 14.7. The summed E-state index contributed by atoms with van der Waals surface area (Å²) >= 11 is 0. The van der Waals surface area contributed by atoms with Gasteiger partial charge >= 0.3 is 0 Å². The van der Waals surface area contributed by atoms with Crippen molar-refractivity contribution < 1.29 is 4.79 Å². The molecule has 0 spiro atoms. The van der Waals surface area contributed by atoms with Crippen LogP contribution in [0.4, 0.5) is 0 Å². The van der Waals surface area contributed by atoms with Gasteiger partial charge < -0.3 is 10.6 Å². The van der Waals surface area contributed by atoms with Gasteiger partial charge in [-0.2, -0.15) is 0 Å². The van der Waals surface area contributed by atoms with Crippen molar-refractivity contribution in [2.75, 3.05) is 13.1 Å². The fourth-order valence-corrected chi connectivity index (χ4v) is 5.39. The van der Waals surface area contributed by atoms with Crippen molar-refractivity contribution >= 4 is 5.91 Å². The fourth-order valence-electron chi connectivity index (χ4n) is 5.39. The van der Waals surface area contributed by atoms with E-state index in [9.17, 15) is 4.79 Å². The van der Waals surface area contributed by atoms with Crippen molar-refractivity contribution in [2.24, 2.45) is 28.9 Å². The zero-order chi connectivity index (χ0) is 11.6. The highest BCUT2D eigenvalue weighted by atomic mass is 16.2. The van der Waals surface area contributed by atoms with Gasteiger partial charge in [0.1, 0.15) is 0 Å². The number of nitrogens with zero attached hydrogens (tertiary/aromatic N) is 1. The minimum absolute atomic E-state index is 0.0505. The molecule has 0 radical (unpaired) electrons. The average molecular weight is 234 g/mol. The predicted molar refractivity (Wildman–Crippen MR) is 65.2 cm³/mol. The second-order valence-corrected chi connectivity index (χ2v) is 7.17. The summed E-state index contributed by atoms with van der Waals surface area (Å²) < 4.78 is 0. The molecule has 1 aliphatic heterocycles. The molecule has 94 valence electrons. The Morgan fingerprint density at radius 3 is 1.88 bits per heavy atom. The topological polar surface area (TPSA) is 46.3 Å². The van der Waals surface area contributed by atoms with Crippen LogP contribution in [0.2, 0.25) is 0 Å². The number of nitrogens with two attached hydrogens (primary N) is 1. The first kappa shape index (κ1) is 10.4. The molecule has 0 aromatic rings. The Morgan fingerprint density at radius 1 is 1.00 bits per heavy atom. The van der Waals surface area contributed by atoms with E-state index in [0.717, 1.165) is 30.8 Å².